The molecule has 1 N–H and O–H groups in total. The minimum Gasteiger partial charge on any atom is -0.462 e. The molecule has 0 aliphatic rings. The summed E-state index contributed by atoms with van der Waals surface area (Å²) in [4.78, 5) is 24.6. The summed E-state index contributed by atoms with van der Waals surface area (Å²) in [6.07, 6.45) is 104. The second-order valence-corrected chi connectivity index (χ2v) is 21.8. The maximum absolute atomic E-state index is 12.4. The molecule has 0 rings (SSSR count). The Bertz CT molecular complexity index is 1680. The van der Waals surface area contributed by atoms with Crippen LogP contribution in [0.2, 0.25) is 0 Å². The molecule has 80 heavy (non-hydrogen) atoms. The molecule has 0 aliphatic heterocycles. The summed E-state index contributed by atoms with van der Waals surface area (Å²) < 4.78 is 10.7. The van der Waals surface area contributed by atoms with Gasteiger partial charge in [0.05, 0.1) is 6.61 Å². The van der Waals surface area contributed by atoms with Gasteiger partial charge >= 0.3 is 11.9 Å². The summed E-state index contributed by atoms with van der Waals surface area (Å²) in [6.45, 7) is 4.02. The predicted molar refractivity (Wildman–Crippen MR) is 352 cm³/mol. The van der Waals surface area contributed by atoms with Crippen molar-refractivity contribution in [3.05, 3.63) is 146 Å². The van der Waals surface area contributed by atoms with Crippen molar-refractivity contribution in [1.29, 1.82) is 0 Å². The molecule has 0 aromatic rings. The van der Waals surface area contributed by atoms with Gasteiger partial charge in [-0.15, -0.1) is 0 Å². The molecule has 1 unspecified atom stereocenters. The average Bonchev–Trinajstić information content (AvgIpc) is 3.46. The summed E-state index contributed by atoms with van der Waals surface area (Å²) in [5.41, 5.74) is 0. The maximum Gasteiger partial charge on any atom is 0.306 e. The van der Waals surface area contributed by atoms with Crippen molar-refractivity contribution < 1.29 is 24.2 Å². The van der Waals surface area contributed by atoms with E-state index in [1.807, 2.05) is 0 Å². The van der Waals surface area contributed by atoms with Gasteiger partial charge in [0, 0.05) is 12.8 Å². The lowest BCUT2D eigenvalue weighted by Crippen LogP contribution is -2.28. The molecule has 0 fully saturated rings. The quantitative estimate of drug-likeness (QED) is 0.0373. The van der Waals surface area contributed by atoms with Gasteiger partial charge in [-0.3, -0.25) is 9.59 Å². The third-order valence-corrected chi connectivity index (χ3v) is 14.1. The summed E-state index contributed by atoms with van der Waals surface area (Å²) in [7, 11) is 0. The summed E-state index contributed by atoms with van der Waals surface area (Å²) in [5.74, 6) is -0.596. The van der Waals surface area contributed by atoms with Crippen LogP contribution in [0.1, 0.15) is 296 Å². The molecule has 0 aromatic heterocycles. The first kappa shape index (κ1) is 75.8. The number of rotatable bonds is 60. The molecule has 1 atom stereocenters. The lowest BCUT2D eigenvalue weighted by atomic mass is 10.0. The number of unbranched alkanes of at least 4 members (excludes halogenated alkanes) is 28. The number of allylic oxidation sites excluding steroid dienone is 24. The van der Waals surface area contributed by atoms with E-state index < -0.39 is 6.10 Å². The van der Waals surface area contributed by atoms with E-state index in [0.717, 1.165) is 109 Å². The molecule has 0 bridgehead atoms. The minimum absolute atomic E-state index is 0.0740. The van der Waals surface area contributed by atoms with Crippen LogP contribution in [-0.4, -0.2) is 36.4 Å². The monoisotopic (exact) mass is 1100 g/mol. The molecule has 0 aromatic carbocycles. The normalized spacial score (nSPS) is 13.2. The fraction of sp³-hybridized carbons (Fsp3) is 0.653. The largest absolute Gasteiger partial charge is 0.462 e. The molecule has 454 valence electrons. The number of esters is 2. The zero-order valence-corrected chi connectivity index (χ0v) is 52.0. The van der Waals surface area contributed by atoms with Gasteiger partial charge in [0.15, 0.2) is 6.10 Å². The highest BCUT2D eigenvalue weighted by molar-refractivity contribution is 5.70. The minimum atomic E-state index is -0.785. The van der Waals surface area contributed by atoms with Crippen molar-refractivity contribution in [1.82, 2.24) is 0 Å². The zero-order chi connectivity index (χ0) is 57.6. The van der Waals surface area contributed by atoms with Crippen LogP contribution in [0, 0.1) is 0 Å². The number of hydrogen-bond acceptors (Lipinski definition) is 5. The Balaban J connectivity index is 3.55. The second kappa shape index (κ2) is 69.1. The first-order valence-corrected chi connectivity index (χ1v) is 33.4. The average molecular weight is 1110 g/mol. The Morgan fingerprint density at radius 1 is 0.300 bits per heavy atom. The maximum atomic E-state index is 12.4. The Kier molecular flexibility index (Phi) is 65.4. The molecule has 5 nitrogen and oxygen atoms in total. The van der Waals surface area contributed by atoms with Crippen LogP contribution < -0.4 is 0 Å². The van der Waals surface area contributed by atoms with E-state index in [9.17, 15) is 14.7 Å². The molecule has 0 radical (unpaired) electrons. The Labute approximate surface area is 495 Å². The molecule has 0 saturated heterocycles. The molecular formula is C75H124O5. The van der Waals surface area contributed by atoms with E-state index in [1.54, 1.807) is 0 Å². The lowest BCUT2D eigenvalue weighted by molar-refractivity contribution is -0.161. The first-order valence-electron chi connectivity index (χ1n) is 33.4. The number of aliphatic hydroxyl groups is 1. The number of aliphatic hydroxyl groups excluding tert-OH is 1. The van der Waals surface area contributed by atoms with Gasteiger partial charge in [-0.25, -0.2) is 0 Å². The highest BCUT2D eigenvalue weighted by Crippen LogP contribution is 2.16. The molecule has 0 aliphatic carbocycles. The van der Waals surface area contributed by atoms with E-state index in [1.165, 1.54) is 161 Å². The third kappa shape index (κ3) is 66.3. The van der Waals surface area contributed by atoms with Gasteiger partial charge < -0.3 is 14.6 Å². The van der Waals surface area contributed by atoms with Crippen LogP contribution in [0.4, 0.5) is 0 Å². The SMILES string of the molecule is CC/C=C\C/C=C\C/C=C\C/C=C\C/C=C\C/C=C\C/C=C\C/C=C\C/C=C\CCCCCCCCCCCCCC(=O)OC(CO)COC(=O)CCCCCCCCCCCCCC/C=C\C/C=C\C/C=C\CCCCCCC. The van der Waals surface area contributed by atoms with Gasteiger partial charge in [0.2, 0.25) is 0 Å². The van der Waals surface area contributed by atoms with E-state index in [4.69, 9.17) is 9.47 Å². The van der Waals surface area contributed by atoms with Crippen LogP contribution in [0.3, 0.4) is 0 Å². The Morgan fingerprint density at radius 2 is 0.537 bits per heavy atom. The molecule has 5 heteroatoms. The van der Waals surface area contributed by atoms with Gasteiger partial charge in [0.25, 0.3) is 0 Å². The van der Waals surface area contributed by atoms with Crippen molar-refractivity contribution in [2.75, 3.05) is 13.2 Å². The van der Waals surface area contributed by atoms with Crippen molar-refractivity contribution in [3.8, 4) is 0 Å². The summed E-state index contributed by atoms with van der Waals surface area (Å²) in [5, 5.41) is 9.69. The van der Waals surface area contributed by atoms with E-state index in [-0.39, 0.29) is 25.2 Å². The molecule has 0 amide bonds. The van der Waals surface area contributed by atoms with Crippen molar-refractivity contribution in [2.45, 2.75) is 302 Å². The van der Waals surface area contributed by atoms with E-state index in [2.05, 4.69) is 160 Å². The third-order valence-electron chi connectivity index (χ3n) is 14.1. The summed E-state index contributed by atoms with van der Waals surface area (Å²) >= 11 is 0. The van der Waals surface area contributed by atoms with Crippen molar-refractivity contribution in [3.63, 3.8) is 0 Å². The van der Waals surface area contributed by atoms with Crippen LogP contribution in [0.5, 0.6) is 0 Å². The van der Waals surface area contributed by atoms with Gasteiger partial charge in [-0.05, 0) is 122 Å². The molecule has 0 saturated carbocycles. The number of hydrogen-bond donors (Lipinski definition) is 1. The standard InChI is InChI=1S/C75H124O5/c1-3-5-7-9-11-13-15-17-19-21-23-25-27-29-31-32-33-34-35-36-37-38-39-40-41-42-44-46-48-50-52-54-56-58-60-62-64-66-68-70-75(78)80-73(71-76)72-79-74(77)69-67-65-63-61-59-57-55-53-51-49-47-45-43-30-28-26-24-22-20-18-16-14-12-10-8-6-4-2/h5,7,11,13,16-19,22-25,28-31,33-34,36-37,39-40,42,44,73,76H,3-4,6,8-10,12,14-15,20-21,26-27,32,35,38,41,43,45-72H2,1-2H3/b7-5-,13-11-,18-16-,19-17-,24-22-,25-23-,30-28-,31-29-,34-33-,37-36-,40-39-,44-42-. The smallest absolute Gasteiger partial charge is 0.306 e. The highest BCUT2D eigenvalue weighted by atomic mass is 16.6. The van der Waals surface area contributed by atoms with E-state index in [0.29, 0.717) is 12.8 Å². The van der Waals surface area contributed by atoms with Crippen LogP contribution >= 0.6 is 0 Å². The van der Waals surface area contributed by atoms with Crippen LogP contribution in [0.25, 0.3) is 0 Å². The molecular weight excluding hydrogens is 981 g/mol. The van der Waals surface area contributed by atoms with Crippen LogP contribution in [0.15, 0.2) is 146 Å². The lowest BCUT2D eigenvalue weighted by Gasteiger charge is -2.15. The van der Waals surface area contributed by atoms with Gasteiger partial charge in [0.1, 0.15) is 6.61 Å². The van der Waals surface area contributed by atoms with E-state index >= 15 is 0 Å². The van der Waals surface area contributed by atoms with Gasteiger partial charge in [-0.1, -0.05) is 307 Å². The fourth-order valence-corrected chi connectivity index (χ4v) is 9.14. The topological polar surface area (TPSA) is 72.8 Å². The zero-order valence-electron chi connectivity index (χ0n) is 52.0. The molecule has 0 spiro atoms. The predicted octanol–water partition coefficient (Wildman–Crippen LogP) is 23.3. The second-order valence-electron chi connectivity index (χ2n) is 21.8. The van der Waals surface area contributed by atoms with Crippen LogP contribution in [-0.2, 0) is 19.1 Å². The van der Waals surface area contributed by atoms with Gasteiger partial charge in [-0.2, -0.15) is 0 Å². The molecule has 0 heterocycles. The number of carbonyl (C=O) groups excluding carboxylic acids is 2. The summed E-state index contributed by atoms with van der Waals surface area (Å²) in [6, 6.07) is 0. The van der Waals surface area contributed by atoms with Crippen molar-refractivity contribution >= 4 is 11.9 Å². The van der Waals surface area contributed by atoms with Crippen molar-refractivity contribution in [2.24, 2.45) is 0 Å². The highest BCUT2D eigenvalue weighted by Gasteiger charge is 2.16. The number of carbonyl (C=O) groups is 2. The first-order chi connectivity index (χ1) is 39.6. The number of ether oxygens (including phenoxy) is 2. The Hall–Kier alpha value is -4.22. The Morgan fingerprint density at radius 3 is 0.812 bits per heavy atom. The fourth-order valence-electron chi connectivity index (χ4n) is 9.14.